The lowest BCUT2D eigenvalue weighted by molar-refractivity contribution is 0.00695. The Bertz CT molecular complexity index is 1030. The number of esters is 1. The first-order valence-electron chi connectivity index (χ1n) is 10.6. The molecule has 5 nitrogen and oxygen atoms in total. The van der Waals surface area contributed by atoms with Crippen molar-refractivity contribution >= 4 is 23.1 Å². The van der Waals surface area contributed by atoms with Crippen molar-refractivity contribution in [2.75, 3.05) is 0 Å². The largest absolute Gasteiger partial charge is 0.456 e. The zero-order valence-corrected chi connectivity index (χ0v) is 18.4. The van der Waals surface area contributed by atoms with E-state index in [2.05, 4.69) is 35.9 Å². The molecule has 0 N–H and O–H groups in total. The predicted octanol–water partition coefficient (Wildman–Crippen LogP) is 5.75. The number of carbonyl (C=O) groups excluding carboxylic acids is 1. The van der Waals surface area contributed by atoms with Crippen molar-refractivity contribution < 1.29 is 9.53 Å². The maximum Gasteiger partial charge on any atom is 0.338 e. The smallest absolute Gasteiger partial charge is 0.338 e. The normalized spacial score (nSPS) is 11.6. The van der Waals surface area contributed by atoms with Gasteiger partial charge < -0.3 is 4.74 Å². The first-order chi connectivity index (χ1) is 14.3. The van der Waals surface area contributed by atoms with Crippen LogP contribution in [0.25, 0.3) is 17.1 Å². The molecular formula is C25H31N3O2. The summed E-state index contributed by atoms with van der Waals surface area (Å²) in [4.78, 5) is 12.1. The highest BCUT2D eigenvalue weighted by molar-refractivity contribution is 5.89. The first kappa shape index (κ1) is 21.8. The molecule has 3 rings (SSSR count). The van der Waals surface area contributed by atoms with Crippen LogP contribution in [0.2, 0.25) is 0 Å². The monoisotopic (exact) mass is 405 g/mol. The van der Waals surface area contributed by atoms with E-state index in [-0.39, 0.29) is 5.97 Å². The van der Waals surface area contributed by atoms with Crippen LogP contribution < -0.4 is 0 Å². The van der Waals surface area contributed by atoms with E-state index < -0.39 is 5.60 Å². The van der Waals surface area contributed by atoms with Gasteiger partial charge in [-0.1, -0.05) is 42.5 Å². The third-order valence-corrected chi connectivity index (χ3v) is 5.13. The van der Waals surface area contributed by atoms with Gasteiger partial charge in [-0.25, -0.2) is 9.48 Å². The molecule has 30 heavy (non-hydrogen) atoms. The third kappa shape index (κ3) is 5.35. The molecule has 158 valence electrons. The van der Waals surface area contributed by atoms with E-state index in [9.17, 15) is 4.79 Å². The van der Waals surface area contributed by atoms with Crippen molar-refractivity contribution in [2.45, 2.75) is 65.5 Å². The van der Waals surface area contributed by atoms with E-state index in [1.54, 1.807) is 0 Å². The number of nitrogens with zero attached hydrogens (tertiary/aromatic N) is 3. The van der Waals surface area contributed by atoms with Gasteiger partial charge in [0.05, 0.1) is 11.1 Å². The molecule has 1 heterocycles. The number of aryl methyl sites for hydroxylation is 3. The summed E-state index contributed by atoms with van der Waals surface area (Å²) in [6, 6.07) is 11.9. The lowest BCUT2D eigenvalue weighted by atomic mass is 10.0. The fourth-order valence-corrected chi connectivity index (χ4v) is 3.48. The molecule has 3 aromatic rings. The van der Waals surface area contributed by atoms with Crippen LogP contribution in [-0.4, -0.2) is 26.6 Å². The number of unbranched alkanes of at least 4 members (excludes halogenated alkanes) is 2. The summed E-state index contributed by atoms with van der Waals surface area (Å²) in [5, 5.41) is 8.67. The van der Waals surface area contributed by atoms with Gasteiger partial charge in [0.25, 0.3) is 0 Å². The van der Waals surface area contributed by atoms with E-state index in [0.717, 1.165) is 54.4 Å². The molecule has 0 saturated carbocycles. The number of benzene rings is 2. The van der Waals surface area contributed by atoms with Crippen molar-refractivity contribution in [2.24, 2.45) is 0 Å². The predicted molar refractivity (Wildman–Crippen MR) is 122 cm³/mol. The average molecular weight is 406 g/mol. The Morgan fingerprint density at radius 3 is 2.50 bits per heavy atom. The van der Waals surface area contributed by atoms with Gasteiger partial charge >= 0.3 is 5.97 Å². The Morgan fingerprint density at radius 2 is 1.83 bits per heavy atom. The van der Waals surface area contributed by atoms with Crippen LogP contribution in [0, 0.1) is 6.92 Å². The second kappa shape index (κ2) is 9.24. The number of ether oxygens (including phenoxy) is 1. The van der Waals surface area contributed by atoms with Crippen LogP contribution in [0.4, 0.5) is 0 Å². The van der Waals surface area contributed by atoms with Gasteiger partial charge in [0.15, 0.2) is 0 Å². The van der Waals surface area contributed by atoms with E-state index >= 15 is 0 Å². The standard InChI is InChI=1S/C25H31N3O2/c1-6-20-15-16-22-23(18(20)2)26-27-28(22)17-9-7-8-10-19-11-13-21(14-12-19)24(29)30-25(3,4)5/h6,11-16H,1,7-10,17H2,2-5H3. The van der Waals surface area contributed by atoms with Gasteiger partial charge in [0, 0.05) is 6.54 Å². The highest BCUT2D eigenvalue weighted by Crippen LogP contribution is 2.21. The topological polar surface area (TPSA) is 57.0 Å². The maximum absolute atomic E-state index is 12.1. The molecule has 0 aliphatic carbocycles. The second-order valence-corrected chi connectivity index (χ2v) is 8.67. The second-order valence-electron chi connectivity index (χ2n) is 8.67. The van der Waals surface area contributed by atoms with Crippen molar-refractivity contribution in [3.8, 4) is 0 Å². The van der Waals surface area contributed by atoms with E-state index in [1.165, 1.54) is 5.56 Å². The quantitative estimate of drug-likeness (QED) is 0.354. The molecule has 0 amide bonds. The first-order valence-corrected chi connectivity index (χ1v) is 10.6. The molecule has 1 aromatic heterocycles. The zero-order chi connectivity index (χ0) is 21.7. The van der Waals surface area contributed by atoms with Crippen LogP contribution in [-0.2, 0) is 17.7 Å². The Morgan fingerprint density at radius 1 is 1.10 bits per heavy atom. The van der Waals surface area contributed by atoms with Gasteiger partial charge in [-0.05, 0) is 81.8 Å². The number of fused-ring (bicyclic) bond motifs is 1. The lowest BCUT2D eigenvalue weighted by Gasteiger charge is -2.19. The minimum atomic E-state index is -0.474. The third-order valence-electron chi connectivity index (χ3n) is 5.13. The summed E-state index contributed by atoms with van der Waals surface area (Å²) in [5.41, 5.74) is 5.63. The highest BCUT2D eigenvalue weighted by atomic mass is 16.6. The number of hydrogen-bond acceptors (Lipinski definition) is 4. The van der Waals surface area contributed by atoms with Crippen LogP contribution in [0.1, 0.15) is 67.1 Å². The average Bonchev–Trinajstić information content (AvgIpc) is 3.11. The molecule has 5 heteroatoms. The number of rotatable bonds is 8. The summed E-state index contributed by atoms with van der Waals surface area (Å²) in [6.45, 7) is 12.4. The Hall–Kier alpha value is -2.95. The molecule has 0 aliphatic heterocycles. The molecule has 2 aromatic carbocycles. The van der Waals surface area contributed by atoms with Gasteiger partial charge in [-0.15, -0.1) is 5.10 Å². The Kier molecular flexibility index (Phi) is 6.70. The summed E-state index contributed by atoms with van der Waals surface area (Å²) in [6.07, 6.45) is 6.11. The van der Waals surface area contributed by atoms with Crippen molar-refractivity contribution in [1.82, 2.24) is 15.0 Å². The fraction of sp³-hybridized carbons (Fsp3) is 0.400. The minimum Gasteiger partial charge on any atom is -0.456 e. The number of carbonyl (C=O) groups is 1. The maximum atomic E-state index is 12.1. The van der Waals surface area contributed by atoms with Crippen LogP contribution >= 0.6 is 0 Å². The van der Waals surface area contributed by atoms with Gasteiger partial charge in [-0.2, -0.15) is 0 Å². The summed E-state index contributed by atoms with van der Waals surface area (Å²) < 4.78 is 7.40. The summed E-state index contributed by atoms with van der Waals surface area (Å²) >= 11 is 0. The summed E-state index contributed by atoms with van der Waals surface area (Å²) in [7, 11) is 0. The highest BCUT2D eigenvalue weighted by Gasteiger charge is 2.17. The van der Waals surface area contributed by atoms with Crippen molar-refractivity contribution in [3.63, 3.8) is 0 Å². The number of hydrogen-bond donors (Lipinski definition) is 0. The minimum absolute atomic E-state index is 0.274. The Labute approximate surface area is 178 Å². The molecule has 0 saturated heterocycles. The Balaban J connectivity index is 1.47. The molecule has 0 spiro atoms. The zero-order valence-electron chi connectivity index (χ0n) is 18.4. The van der Waals surface area contributed by atoms with E-state index in [4.69, 9.17) is 4.74 Å². The molecule has 0 bridgehead atoms. The number of aromatic nitrogens is 3. The molecule has 0 aliphatic rings. The summed E-state index contributed by atoms with van der Waals surface area (Å²) in [5.74, 6) is -0.274. The molecule has 0 radical (unpaired) electrons. The lowest BCUT2D eigenvalue weighted by Crippen LogP contribution is -2.23. The van der Waals surface area contributed by atoms with Crippen LogP contribution in [0.3, 0.4) is 0 Å². The molecule has 0 atom stereocenters. The van der Waals surface area contributed by atoms with Crippen molar-refractivity contribution in [1.29, 1.82) is 0 Å². The molecular weight excluding hydrogens is 374 g/mol. The SMILES string of the molecule is C=Cc1ccc2c(nnn2CCCCCc2ccc(C(=O)OC(C)(C)C)cc2)c1C. The van der Waals surface area contributed by atoms with Crippen LogP contribution in [0.5, 0.6) is 0 Å². The van der Waals surface area contributed by atoms with Crippen LogP contribution in [0.15, 0.2) is 43.0 Å². The van der Waals surface area contributed by atoms with E-state index in [0.29, 0.717) is 5.56 Å². The molecule has 0 fully saturated rings. The fourth-order valence-electron chi connectivity index (χ4n) is 3.48. The van der Waals surface area contributed by atoms with Gasteiger partial charge in [0.2, 0.25) is 0 Å². The van der Waals surface area contributed by atoms with Crippen molar-refractivity contribution in [3.05, 3.63) is 65.2 Å². The van der Waals surface area contributed by atoms with Gasteiger partial charge in [-0.3, -0.25) is 0 Å². The molecule has 0 unspecified atom stereocenters. The van der Waals surface area contributed by atoms with E-state index in [1.807, 2.05) is 55.8 Å². The van der Waals surface area contributed by atoms with Gasteiger partial charge in [0.1, 0.15) is 11.1 Å².